The molecule has 0 saturated heterocycles. The third-order valence-corrected chi connectivity index (χ3v) is 5.02. The van der Waals surface area contributed by atoms with Crippen LogP contribution in [0.1, 0.15) is 20.8 Å². The zero-order valence-electron chi connectivity index (χ0n) is 18.9. The summed E-state index contributed by atoms with van der Waals surface area (Å²) in [7, 11) is 2.89. The monoisotopic (exact) mass is 497 g/mol. The summed E-state index contributed by atoms with van der Waals surface area (Å²) < 4.78 is 22.3. The van der Waals surface area contributed by atoms with Crippen LogP contribution in [-0.2, 0) is 9.59 Å². The van der Waals surface area contributed by atoms with Gasteiger partial charge in [-0.25, -0.2) is 4.42 Å². The SMILES string of the molecule is CCOc1cccc(OCC)c1N(Cl)C(=O)C(N=Nc1cc(OC)cc(OC)c1Cl)C(C)=O. The number of ketones is 1. The largest absolute Gasteiger partial charge is 0.497 e. The third-order valence-electron chi connectivity index (χ3n) is 4.30. The molecule has 0 heterocycles. The van der Waals surface area contributed by atoms with E-state index in [0.717, 1.165) is 4.42 Å². The molecule has 2 aromatic carbocycles. The average Bonchev–Trinajstić information content (AvgIpc) is 2.80. The van der Waals surface area contributed by atoms with Crippen LogP contribution in [0.25, 0.3) is 0 Å². The third kappa shape index (κ3) is 6.27. The van der Waals surface area contributed by atoms with Crippen LogP contribution in [-0.4, -0.2) is 45.2 Å². The summed E-state index contributed by atoms with van der Waals surface area (Å²) in [6.07, 6.45) is 0. The maximum Gasteiger partial charge on any atom is 0.276 e. The van der Waals surface area contributed by atoms with Gasteiger partial charge in [-0.3, -0.25) is 9.59 Å². The van der Waals surface area contributed by atoms with Gasteiger partial charge >= 0.3 is 0 Å². The van der Waals surface area contributed by atoms with E-state index in [9.17, 15) is 9.59 Å². The highest BCUT2D eigenvalue weighted by molar-refractivity contribution is 6.40. The minimum Gasteiger partial charge on any atom is -0.497 e. The quantitative estimate of drug-likeness (QED) is 0.234. The van der Waals surface area contributed by atoms with Crippen molar-refractivity contribution < 1.29 is 28.5 Å². The van der Waals surface area contributed by atoms with E-state index in [2.05, 4.69) is 10.2 Å². The molecule has 0 aliphatic heterocycles. The maximum atomic E-state index is 13.2. The first-order chi connectivity index (χ1) is 15.8. The van der Waals surface area contributed by atoms with Gasteiger partial charge in [0.25, 0.3) is 5.91 Å². The molecule has 178 valence electrons. The van der Waals surface area contributed by atoms with E-state index in [1.165, 1.54) is 27.2 Å². The number of halogens is 2. The number of anilines is 1. The fraction of sp³-hybridized carbons (Fsp3) is 0.364. The van der Waals surface area contributed by atoms with Crippen molar-refractivity contribution >= 4 is 46.4 Å². The summed E-state index contributed by atoms with van der Waals surface area (Å²) >= 11 is 12.7. The molecule has 0 radical (unpaired) electrons. The Kier molecular flexibility index (Phi) is 9.74. The standard InChI is InChI=1S/C22H25Cl2N3O6/c1-6-32-16-9-8-10-17(33-7-2)21(16)27(24)22(29)20(13(3)28)26-25-15-11-14(30-4)12-18(31-5)19(15)23/h8-12,20H,6-7H2,1-5H3. The lowest BCUT2D eigenvalue weighted by Gasteiger charge is -2.22. The Balaban J connectivity index is 2.46. The van der Waals surface area contributed by atoms with Crippen LogP contribution in [0.3, 0.4) is 0 Å². The molecule has 1 atom stereocenters. The number of amides is 1. The number of Topliss-reactive ketones (excluding diaryl/α,β-unsaturated/α-hetero) is 1. The Bertz CT molecular complexity index is 1010. The number of hydrogen-bond donors (Lipinski definition) is 0. The molecule has 0 N–H and O–H groups in total. The number of azo groups is 1. The van der Waals surface area contributed by atoms with E-state index in [1.807, 2.05) is 0 Å². The van der Waals surface area contributed by atoms with Gasteiger partial charge in [-0.2, -0.15) is 10.2 Å². The van der Waals surface area contributed by atoms with Crippen molar-refractivity contribution in [3.05, 3.63) is 35.4 Å². The highest BCUT2D eigenvalue weighted by Crippen LogP contribution is 2.41. The van der Waals surface area contributed by atoms with Crippen molar-refractivity contribution in [2.75, 3.05) is 31.9 Å². The second-order valence-corrected chi connectivity index (χ2v) is 7.20. The van der Waals surface area contributed by atoms with Crippen molar-refractivity contribution in [1.82, 2.24) is 0 Å². The molecule has 0 saturated carbocycles. The topological polar surface area (TPSA) is 99.0 Å². The number of methoxy groups -OCH3 is 2. The molecule has 33 heavy (non-hydrogen) atoms. The maximum absolute atomic E-state index is 13.2. The first-order valence-corrected chi connectivity index (χ1v) is 10.7. The van der Waals surface area contributed by atoms with E-state index in [-0.39, 0.29) is 16.4 Å². The number of rotatable bonds is 11. The van der Waals surface area contributed by atoms with Gasteiger partial charge in [-0.1, -0.05) is 17.7 Å². The molecule has 1 amide bonds. The Morgan fingerprint density at radius 2 is 1.64 bits per heavy atom. The van der Waals surface area contributed by atoms with Gasteiger partial charge in [0, 0.05) is 23.9 Å². The van der Waals surface area contributed by atoms with Gasteiger partial charge in [0.1, 0.15) is 39.4 Å². The summed E-state index contributed by atoms with van der Waals surface area (Å²) in [5.74, 6) is -0.0963. The summed E-state index contributed by atoms with van der Waals surface area (Å²) in [6.45, 7) is 5.44. The smallest absolute Gasteiger partial charge is 0.276 e. The molecule has 9 nitrogen and oxygen atoms in total. The predicted molar refractivity (Wildman–Crippen MR) is 126 cm³/mol. The number of carbonyl (C=O) groups excluding carboxylic acids is 2. The first kappa shape index (κ1) is 26.2. The number of para-hydroxylation sites is 1. The first-order valence-electron chi connectivity index (χ1n) is 10.00. The van der Waals surface area contributed by atoms with E-state index in [4.69, 9.17) is 42.3 Å². The highest BCUT2D eigenvalue weighted by Gasteiger charge is 2.32. The number of hydrogen-bond acceptors (Lipinski definition) is 8. The van der Waals surface area contributed by atoms with Crippen LogP contribution in [0, 0.1) is 0 Å². The second-order valence-electron chi connectivity index (χ2n) is 6.48. The summed E-state index contributed by atoms with van der Waals surface area (Å²) in [5, 5.41) is 8.07. The number of benzene rings is 2. The molecule has 1 unspecified atom stereocenters. The van der Waals surface area contributed by atoms with E-state index < -0.39 is 17.7 Å². The molecular formula is C22H25Cl2N3O6. The zero-order chi connectivity index (χ0) is 24.5. The lowest BCUT2D eigenvalue weighted by molar-refractivity contribution is -0.126. The molecule has 11 heteroatoms. The van der Waals surface area contributed by atoms with Crippen LogP contribution in [0.2, 0.25) is 5.02 Å². The zero-order valence-corrected chi connectivity index (χ0v) is 20.4. The molecule has 0 bridgehead atoms. The Morgan fingerprint density at radius 1 is 1.03 bits per heavy atom. The summed E-state index contributed by atoms with van der Waals surface area (Å²) in [6, 6.07) is 6.49. The molecule has 0 aliphatic carbocycles. The van der Waals surface area contributed by atoms with Crippen LogP contribution in [0.15, 0.2) is 40.6 Å². The van der Waals surface area contributed by atoms with Crippen LogP contribution in [0.5, 0.6) is 23.0 Å². The lowest BCUT2D eigenvalue weighted by Crippen LogP contribution is -2.36. The van der Waals surface area contributed by atoms with E-state index in [0.29, 0.717) is 36.2 Å². The molecule has 0 spiro atoms. The number of carbonyl (C=O) groups is 2. The van der Waals surface area contributed by atoms with Gasteiger partial charge in [0.2, 0.25) is 6.04 Å². The lowest BCUT2D eigenvalue weighted by atomic mass is 10.2. The van der Waals surface area contributed by atoms with Crippen LogP contribution in [0.4, 0.5) is 11.4 Å². The minimum atomic E-state index is -1.54. The van der Waals surface area contributed by atoms with Crippen molar-refractivity contribution in [3.63, 3.8) is 0 Å². The molecule has 0 aromatic heterocycles. The van der Waals surface area contributed by atoms with Crippen LogP contribution >= 0.6 is 23.4 Å². The van der Waals surface area contributed by atoms with Gasteiger partial charge in [-0.05, 0) is 32.9 Å². The Morgan fingerprint density at radius 3 is 2.12 bits per heavy atom. The number of ether oxygens (including phenoxy) is 4. The molecular weight excluding hydrogens is 473 g/mol. The van der Waals surface area contributed by atoms with Crippen molar-refractivity contribution in [3.8, 4) is 23.0 Å². The molecule has 0 aliphatic rings. The minimum absolute atomic E-state index is 0.139. The fourth-order valence-electron chi connectivity index (χ4n) is 2.78. The fourth-order valence-corrected chi connectivity index (χ4v) is 3.26. The van der Waals surface area contributed by atoms with E-state index >= 15 is 0 Å². The van der Waals surface area contributed by atoms with E-state index in [1.54, 1.807) is 38.1 Å². The van der Waals surface area contributed by atoms with Crippen molar-refractivity contribution in [1.29, 1.82) is 0 Å². The number of nitrogens with zero attached hydrogens (tertiary/aromatic N) is 3. The molecule has 2 aromatic rings. The molecule has 0 fully saturated rings. The van der Waals surface area contributed by atoms with Gasteiger partial charge in [0.15, 0.2) is 5.78 Å². The van der Waals surface area contributed by atoms with Crippen molar-refractivity contribution in [2.45, 2.75) is 26.8 Å². The molecule has 2 rings (SSSR count). The highest BCUT2D eigenvalue weighted by atomic mass is 35.5. The normalized spacial score (nSPS) is 11.7. The van der Waals surface area contributed by atoms with Gasteiger partial charge in [-0.15, -0.1) is 0 Å². The second kappa shape index (κ2) is 12.3. The van der Waals surface area contributed by atoms with Crippen LogP contribution < -0.4 is 23.4 Å². The van der Waals surface area contributed by atoms with Gasteiger partial charge in [0.05, 0.1) is 27.4 Å². The Labute approximate surface area is 202 Å². The predicted octanol–water partition coefficient (Wildman–Crippen LogP) is 5.38. The van der Waals surface area contributed by atoms with Crippen molar-refractivity contribution in [2.24, 2.45) is 10.2 Å². The average molecular weight is 498 g/mol. The summed E-state index contributed by atoms with van der Waals surface area (Å²) in [5.41, 5.74) is 0.313. The summed E-state index contributed by atoms with van der Waals surface area (Å²) in [4.78, 5) is 25.5. The van der Waals surface area contributed by atoms with Gasteiger partial charge < -0.3 is 18.9 Å². The Hall–Kier alpha value is -3.04.